The van der Waals surface area contributed by atoms with E-state index in [9.17, 15) is 4.79 Å². The van der Waals surface area contributed by atoms with Crippen LogP contribution in [0.2, 0.25) is 0 Å². The van der Waals surface area contributed by atoms with E-state index in [0.29, 0.717) is 41.7 Å². The van der Waals surface area contributed by atoms with Crippen molar-refractivity contribution in [2.75, 3.05) is 31.1 Å². The predicted molar refractivity (Wildman–Crippen MR) is 119 cm³/mol. The Morgan fingerprint density at radius 3 is 2.68 bits per heavy atom. The molecule has 158 valence electrons. The molecule has 31 heavy (non-hydrogen) atoms. The number of rotatable bonds is 5. The molecule has 2 heterocycles. The second-order valence-corrected chi connectivity index (χ2v) is 8.32. The van der Waals surface area contributed by atoms with Gasteiger partial charge in [0.25, 0.3) is 5.91 Å². The molecular formula is C23H23N5O2S. The van der Waals surface area contributed by atoms with Crippen LogP contribution in [0.4, 0.5) is 5.69 Å². The van der Waals surface area contributed by atoms with Crippen molar-refractivity contribution in [3.8, 4) is 6.07 Å². The molecule has 1 aromatic heterocycles. The van der Waals surface area contributed by atoms with Gasteiger partial charge < -0.3 is 14.3 Å². The summed E-state index contributed by atoms with van der Waals surface area (Å²) in [5.41, 5.74) is 2.44. The van der Waals surface area contributed by atoms with Gasteiger partial charge in [-0.3, -0.25) is 4.79 Å². The van der Waals surface area contributed by atoms with Gasteiger partial charge in [-0.15, -0.1) is 11.8 Å². The van der Waals surface area contributed by atoms with E-state index in [-0.39, 0.29) is 5.91 Å². The van der Waals surface area contributed by atoms with E-state index in [1.807, 2.05) is 53.4 Å². The third kappa shape index (κ3) is 5.06. The van der Waals surface area contributed by atoms with Crippen molar-refractivity contribution in [3.63, 3.8) is 0 Å². The summed E-state index contributed by atoms with van der Waals surface area (Å²) in [4.78, 5) is 22.7. The average molecular weight is 434 g/mol. The van der Waals surface area contributed by atoms with Crippen molar-refractivity contribution in [3.05, 3.63) is 71.4 Å². The zero-order valence-electron chi connectivity index (χ0n) is 17.3. The van der Waals surface area contributed by atoms with Gasteiger partial charge in [0.05, 0.1) is 22.9 Å². The monoisotopic (exact) mass is 433 g/mol. The van der Waals surface area contributed by atoms with Crippen molar-refractivity contribution in [2.24, 2.45) is 0 Å². The van der Waals surface area contributed by atoms with Gasteiger partial charge in [-0.2, -0.15) is 10.2 Å². The summed E-state index contributed by atoms with van der Waals surface area (Å²) >= 11 is 1.54. The lowest BCUT2D eigenvalue weighted by molar-refractivity contribution is 0.0763. The third-order valence-electron chi connectivity index (χ3n) is 5.19. The lowest BCUT2D eigenvalue weighted by Gasteiger charge is -2.24. The second kappa shape index (κ2) is 9.67. The van der Waals surface area contributed by atoms with Crippen molar-refractivity contribution in [1.29, 1.82) is 5.26 Å². The number of hydrogen-bond acceptors (Lipinski definition) is 7. The first-order valence-corrected chi connectivity index (χ1v) is 11.2. The smallest absolute Gasteiger partial charge is 0.255 e. The average Bonchev–Trinajstić information content (AvgIpc) is 3.07. The Hall–Kier alpha value is -3.31. The van der Waals surface area contributed by atoms with Gasteiger partial charge in [-0.25, -0.2) is 0 Å². The number of thioether (sulfide) groups is 1. The summed E-state index contributed by atoms with van der Waals surface area (Å²) in [6.07, 6.45) is 0.892. The third-order valence-corrected chi connectivity index (χ3v) is 6.26. The van der Waals surface area contributed by atoms with Gasteiger partial charge in [0.15, 0.2) is 5.82 Å². The molecule has 0 atom stereocenters. The Kier molecular flexibility index (Phi) is 6.53. The van der Waals surface area contributed by atoms with Crippen LogP contribution >= 0.6 is 11.8 Å². The van der Waals surface area contributed by atoms with Crippen molar-refractivity contribution in [2.45, 2.75) is 24.0 Å². The van der Waals surface area contributed by atoms with E-state index in [0.717, 1.165) is 30.1 Å². The van der Waals surface area contributed by atoms with E-state index >= 15 is 0 Å². The number of carbonyl (C=O) groups excluding carboxylic acids is 1. The first-order valence-electron chi connectivity index (χ1n) is 10.2. The molecule has 1 saturated heterocycles. The van der Waals surface area contributed by atoms with Gasteiger partial charge in [-0.1, -0.05) is 17.3 Å². The number of carbonyl (C=O) groups is 1. The maximum Gasteiger partial charge on any atom is 0.255 e. The van der Waals surface area contributed by atoms with Crippen LogP contribution in [0.25, 0.3) is 0 Å². The first-order chi connectivity index (χ1) is 15.1. The highest BCUT2D eigenvalue weighted by molar-refractivity contribution is 7.98. The molecule has 2 aromatic carbocycles. The van der Waals surface area contributed by atoms with E-state index in [1.165, 1.54) is 0 Å². The first kappa shape index (κ1) is 20.9. The quantitative estimate of drug-likeness (QED) is 0.564. The molecule has 3 aromatic rings. The molecular weight excluding hydrogens is 410 g/mol. The number of nitrogens with zero attached hydrogens (tertiary/aromatic N) is 5. The van der Waals surface area contributed by atoms with Crippen molar-refractivity contribution >= 4 is 23.4 Å². The summed E-state index contributed by atoms with van der Waals surface area (Å²) in [6, 6.07) is 17.5. The SMILES string of the molecule is Cc1nc(CSc2ccccc2C(=O)N2CCCN(c3ccc(C#N)cc3)CC2)no1. The Balaban J connectivity index is 1.43. The zero-order valence-corrected chi connectivity index (χ0v) is 18.1. The lowest BCUT2D eigenvalue weighted by Crippen LogP contribution is -2.35. The highest BCUT2D eigenvalue weighted by Crippen LogP contribution is 2.27. The fourth-order valence-corrected chi connectivity index (χ4v) is 4.49. The Morgan fingerprint density at radius 2 is 1.94 bits per heavy atom. The molecule has 8 heteroatoms. The maximum atomic E-state index is 13.3. The summed E-state index contributed by atoms with van der Waals surface area (Å²) in [6.45, 7) is 4.77. The van der Waals surface area contributed by atoms with Crippen molar-refractivity contribution in [1.82, 2.24) is 15.0 Å². The van der Waals surface area contributed by atoms with Crippen molar-refractivity contribution < 1.29 is 9.32 Å². The Bertz CT molecular complexity index is 1090. The van der Waals surface area contributed by atoms with Crippen LogP contribution < -0.4 is 4.90 Å². The van der Waals surface area contributed by atoms with Crippen LogP contribution in [0.15, 0.2) is 57.9 Å². The molecule has 0 spiro atoms. The standard InChI is InChI=1S/C23H23N5O2S/c1-17-25-22(26-30-17)16-31-21-6-3-2-5-20(21)23(29)28-12-4-11-27(13-14-28)19-9-7-18(15-24)8-10-19/h2-3,5-10H,4,11-14,16H2,1H3. The summed E-state index contributed by atoms with van der Waals surface area (Å²) in [5.74, 6) is 1.76. The molecule has 7 nitrogen and oxygen atoms in total. The number of aromatic nitrogens is 2. The molecule has 1 amide bonds. The lowest BCUT2D eigenvalue weighted by atomic mass is 10.2. The number of anilines is 1. The minimum Gasteiger partial charge on any atom is -0.370 e. The molecule has 0 bridgehead atoms. The Morgan fingerprint density at radius 1 is 1.13 bits per heavy atom. The topological polar surface area (TPSA) is 86.3 Å². The molecule has 0 N–H and O–H groups in total. The van der Waals surface area contributed by atoms with E-state index < -0.39 is 0 Å². The van der Waals surface area contributed by atoms with E-state index in [1.54, 1.807) is 18.7 Å². The largest absolute Gasteiger partial charge is 0.370 e. The van der Waals surface area contributed by atoms with Gasteiger partial charge in [-0.05, 0) is 42.8 Å². The van der Waals surface area contributed by atoms with Crippen LogP contribution in [-0.2, 0) is 5.75 Å². The molecule has 4 rings (SSSR count). The highest BCUT2D eigenvalue weighted by atomic mass is 32.2. The molecule has 1 fully saturated rings. The minimum atomic E-state index is 0.0501. The fourth-order valence-electron chi connectivity index (χ4n) is 3.61. The molecule has 0 radical (unpaired) electrons. The number of nitriles is 1. The van der Waals surface area contributed by atoms with Crippen LogP contribution in [-0.4, -0.2) is 47.1 Å². The number of amides is 1. The maximum absolute atomic E-state index is 13.3. The minimum absolute atomic E-state index is 0.0501. The summed E-state index contributed by atoms with van der Waals surface area (Å²) < 4.78 is 5.03. The van der Waals surface area contributed by atoms with Gasteiger partial charge in [0, 0.05) is 43.7 Å². The molecule has 1 aliphatic rings. The van der Waals surface area contributed by atoms with E-state index in [4.69, 9.17) is 9.78 Å². The summed E-state index contributed by atoms with van der Waals surface area (Å²) in [5, 5.41) is 12.9. The highest BCUT2D eigenvalue weighted by Gasteiger charge is 2.22. The van der Waals surface area contributed by atoms with Gasteiger partial charge >= 0.3 is 0 Å². The fraction of sp³-hybridized carbons (Fsp3) is 0.304. The van der Waals surface area contributed by atoms with Crippen LogP contribution in [0.3, 0.4) is 0 Å². The van der Waals surface area contributed by atoms with E-state index in [2.05, 4.69) is 21.1 Å². The van der Waals surface area contributed by atoms with Crippen LogP contribution in [0.5, 0.6) is 0 Å². The molecule has 0 aliphatic carbocycles. The van der Waals surface area contributed by atoms with Gasteiger partial charge in [0.2, 0.25) is 5.89 Å². The molecule has 1 aliphatic heterocycles. The zero-order chi connectivity index (χ0) is 21.6. The van der Waals surface area contributed by atoms with Gasteiger partial charge in [0.1, 0.15) is 0 Å². The number of hydrogen-bond donors (Lipinski definition) is 0. The Labute approximate surface area is 185 Å². The predicted octanol–water partition coefficient (Wildman–Crippen LogP) is 3.89. The molecule has 0 unspecified atom stereocenters. The van der Waals surface area contributed by atoms with Crippen LogP contribution in [0.1, 0.15) is 34.1 Å². The van der Waals surface area contributed by atoms with Crippen LogP contribution in [0, 0.1) is 18.3 Å². The second-order valence-electron chi connectivity index (χ2n) is 7.31. The normalized spacial score (nSPS) is 14.2. The summed E-state index contributed by atoms with van der Waals surface area (Å²) in [7, 11) is 0. The molecule has 0 saturated carbocycles. The number of aryl methyl sites for hydroxylation is 1. The number of benzene rings is 2.